The van der Waals surface area contributed by atoms with Crippen LogP contribution in [0.4, 0.5) is 5.69 Å². The number of ether oxygens (including phenoxy) is 1. The van der Waals surface area contributed by atoms with Gasteiger partial charge in [-0.15, -0.1) is 0 Å². The Balaban J connectivity index is 1.38. The first-order chi connectivity index (χ1) is 18.6. The quantitative estimate of drug-likeness (QED) is 0.337. The Bertz CT molecular complexity index is 1400. The molecular formula is C31H33N5OS. The molecule has 194 valence electrons. The highest BCUT2D eigenvalue weighted by Crippen LogP contribution is 2.42. The number of hydrogen-bond acceptors (Lipinski definition) is 4. The molecule has 2 fully saturated rings. The van der Waals surface area contributed by atoms with E-state index in [1.165, 1.54) is 33.9 Å². The smallest absolute Gasteiger partial charge is 0.170 e. The standard InChI is InChI=1S/C31H33N5OS/c1-22-20-27(23(2)36(22)26-13-11-25(12-14-26)34-16-18-37-19-17-34)30-29(28-10-6-7-15-32-28)33-31(38)35(30)21-24-8-4-3-5-9-24/h3-15,20,29-30H,16-19,21H2,1-2H3,(H,33,38)/t29-,30-/m0/s1. The molecule has 4 heterocycles. The van der Waals surface area contributed by atoms with Crippen molar-refractivity contribution in [2.45, 2.75) is 32.5 Å². The highest BCUT2D eigenvalue weighted by Gasteiger charge is 2.41. The fraction of sp³-hybridized carbons (Fsp3) is 0.290. The Kier molecular flexibility index (Phi) is 6.87. The van der Waals surface area contributed by atoms with E-state index in [-0.39, 0.29) is 12.1 Å². The van der Waals surface area contributed by atoms with Crippen molar-refractivity contribution in [1.29, 1.82) is 0 Å². The Morgan fingerprint density at radius 3 is 2.34 bits per heavy atom. The van der Waals surface area contributed by atoms with Crippen molar-refractivity contribution in [3.63, 3.8) is 0 Å². The molecule has 7 heteroatoms. The number of anilines is 1. The van der Waals surface area contributed by atoms with Gasteiger partial charge in [-0.2, -0.15) is 0 Å². The van der Waals surface area contributed by atoms with E-state index in [0.717, 1.165) is 43.7 Å². The third-order valence-electron chi connectivity index (χ3n) is 7.67. The number of rotatable bonds is 6. The molecule has 38 heavy (non-hydrogen) atoms. The third-order valence-corrected chi connectivity index (χ3v) is 8.02. The van der Waals surface area contributed by atoms with Crippen molar-refractivity contribution in [1.82, 2.24) is 19.8 Å². The van der Waals surface area contributed by atoms with E-state index in [0.29, 0.717) is 0 Å². The monoisotopic (exact) mass is 523 g/mol. The minimum absolute atomic E-state index is 0.0187. The van der Waals surface area contributed by atoms with Crippen LogP contribution in [-0.2, 0) is 11.3 Å². The van der Waals surface area contributed by atoms with Crippen LogP contribution in [0, 0.1) is 13.8 Å². The van der Waals surface area contributed by atoms with E-state index < -0.39 is 0 Å². The summed E-state index contributed by atoms with van der Waals surface area (Å²) in [7, 11) is 0. The molecule has 0 unspecified atom stereocenters. The van der Waals surface area contributed by atoms with Crippen LogP contribution in [-0.4, -0.2) is 45.9 Å². The zero-order chi connectivity index (χ0) is 26.1. The van der Waals surface area contributed by atoms with Crippen molar-refractivity contribution < 1.29 is 4.74 Å². The maximum atomic E-state index is 5.91. The SMILES string of the molecule is Cc1cc([C@H]2[C@H](c3ccccn3)NC(=S)N2Cc2ccccc2)c(C)n1-c1ccc(N2CCOCC2)cc1. The summed E-state index contributed by atoms with van der Waals surface area (Å²) in [6, 6.07) is 27.8. The van der Waals surface area contributed by atoms with Crippen LogP contribution in [0.5, 0.6) is 0 Å². The maximum Gasteiger partial charge on any atom is 0.170 e. The molecule has 2 aliphatic rings. The predicted molar refractivity (Wildman–Crippen MR) is 156 cm³/mol. The molecule has 6 rings (SSSR count). The van der Waals surface area contributed by atoms with E-state index in [1.807, 2.05) is 18.3 Å². The first-order valence-corrected chi connectivity index (χ1v) is 13.6. The second kappa shape index (κ2) is 10.6. The molecule has 0 aliphatic carbocycles. The van der Waals surface area contributed by atoms with Gasteiger partial charge in [0.15, 0.2) is 5.11 Å². The van der Waals surface area contributed by atoms with Crippen LogP contribution in [0.25, 0.3) is 5.69 Å². The second-order valence-corrected chi connectivity index (χ2v) is 10.4. The van der Waals surface area contributed by atoms with Gasteiger partial charge in [0.05, 0.1) is 31.0 Å². The molecule has 6 nitrogen and oxygen atoms in total. The molecule has 2 saturated heterocycles. The van der Waals surface area contributed by atoms with Crippen LogP contribution in [0.15, 0.2) is 85.1 Å². The summed E-state index contributed by atoms with van der Waals surface area (Å²) in [6.07, 6.45) is 1.86. The van der Waals surface area contributed by atoms with Crippen LogP contribution in [0.1, 0.15) is 40.3 Å². The molecule has 4 aromatic rings. The number of aromatic nitrogens is 2. The predicted octanol–water partition coefficient (Wildman–Crippen LogP) is 5.50. The molecule has 0 saturated carbocycles. The maximum absolute atomic E-state index is 5.91. The molecule has 0 bridgehead atoms. The topological polar surface area (TPSA) is 45.6 Å². The minimum atomic E-state index is -0.0370. The first-order valence-electron chi connectivity index (χ1n) is 13.2. The first kappa shape index (κ1) is 24.6. The van der Waals surface area contributed by atoms with Crippen LogP contribution in [0.3, 0.4) is 0 Å². The number of morpholine rings is 1. The van der Waals surface area contributed by atoms with Gasteiger partial charge in [0, 0.05) is 48.6 Å². The fourth-order valence-electron chi connectivity index (χ4n) is 5.81. The molecular weight excluding hydrogens is 490 g/mol. The molecule has 2 atom stereocenters. The summed E-state index contributed by atoms with van der Waals surface area (Å²) < 4.78 is 7.88. The van der Waals surface area contributed by atoms with Gasteiger partial charge in [-0.25, -0.2) is 0 Å². The Hall–Kier alpha value is -3.68. The fourth-order valence-corrected chi connectivity index (χ4v) is 6.12. The summed E-state index contributed by atoms with van der Waals surface area (Å²) in [6.45, 7) is 8.58. The second-order valence-electron chi connectivity index (χ2n) is 10.0. The number of aryl methyl sites for hydroxylation is 1. The van der Waals surface area contributed by atoms with Crippen LogP contribution < -0.4 is 10.2 Å². The Morgan fingerprint density at radius 1 is 0.921 bits per heavy atom. The number of nitrogens with one attached hydrogen (secondary N) is 1. The summed E-state index contributed by atoms with van der Waals surface area (Å²) in [5.41, 5.74) is 8.32. The van der Waals surface area contributed by atoms with Crippen molar-refractivity contribution >= 4 is 23.0 Å². The number of pyridine rings is 1. The van der Waals surface area contributed by atoms with Gasteiger partial charge in [0.2, 0.25) is 0 Å². The molecule has 0 amide bonds. The third kappa shape index (κ3) is 4.68. The molecule has 2 aliphatic heterocycles. The van der Waals surface area contributed by atoms with E-state index in [4.69, 9.17) is 21.9 Å². The Labute approximate surface area is 229 Å². The number of nitrogens with zero attached hydrogens (tertiary/aromatic N) is 4. The summed E-state index contributed by atoms with van der Waals surface area (Å²) in [5, 5.41) is 4.36. The lowest BCUT2D eigenvalue weighted by atomic mass is 9.96. The van der Waals surface area contributed by atoms with E-state index in [1.54, 1.807) is 0 Å². The summed E-state index contributed by atoms with van der Waals surface area (Å²) in [4.78, 5) is 9.42. The van der Waals surface area contributed by atoms with E-state index in [9.17, 15) is 0 Å². The number of hydrogen-bond donors (Lipinski definition) is 1. The lowest BCUT2D eigenvalue weighted by Gasteiger charge is -2.29. The average molecular weight is 524 g/mol. The van der Waals surface area contributed by atoms with Gasteiger partial charge in [0.1, 0.15) is 0 Å². The van der Waals surface area contributed by atoms with Gasteiger partial charge in [-0.3, -0.25) is 4.98 Å². The van der Waals surface area contributed by atoms with Crippen molar-refractivity contribution in [2.24, 2.45) is 0 Å². The van der Waals surface area contributed by atoms with Gasteiger partial charge in [-0.1, -0.05) is 36.4 Å². The van der Waals surface area contributed by atoms with Crippen molar-refractivity contribution in [2.75, 3.05) is 31.2 Å². The zero-order valence-corrected chi connectivity index (χ0v) is 22.7. The number of thiocarbonyl (C=S) groups is 1. The average Bonchev–Trinajstić information content (AvgIpc) is 3.44. The molecule has 2 aromatic heterocycles. The van der Waals surface area contributed by atoms with Crippen LogP contribution in [0.2, 0.25) is 0 Å². The van der Waals surface area contributed by atoms with Crippen molar-refractivity contribution in [3.05, 3.63) is 113 Å². The van der Waals surface area contributed by atoms with Gasteiger partial charge in [-0.05, 0) is 79.7 Å². The minimum Gasteiger partial charge on any atom is -0.378 e. The van der Waals surface area contributed by atoms with Gasteiger partial charge < -0.3 is 24.4 Å². The van der Waals surface area contributed by atoms with E-state index >= 15 is 0 Å². The van der Waals surface area contributed by atoms with E-state index in [2.05, 4.69) is 100 Å². The van der Waals surface area contributed by atoms with Crippen LogP contribution >= 0.6 is 12.2 Å². The molecule has 2 aromatic carbocycles. The largest absolute Gasteiger partial charge is 0.378 e. The lowest BCUT2D eigenvalue weighted by Crippen LogP contribution is -2.36. The zero-order valence-electron chi connectivity index (χ0n) is 21.9. The molecule has 1 N–H and O–H groups in total. The molecule has 0 spiro atoms. The van der Waals surface area contributed by atoms with Gasteiger partial charge in [0.25, 0.3) is 0 Å². The summed E-state index contributed by atoms with van der Waals surface area (Å²) >= 11 is 5.91. The highest BCUT2D eigenvalue weighted by atomic mass is 32.1. The summed E-state index contributed by atoms with van der Waals surface area (Å²) in [5.74, 6) is 0. The highest BCUT2D eigenvalue weighted by molar-refractivity contribution is 7.80. The van der Waals surface area contributed by atoms with Crippen molar-refractivity contribution in [3.8, 4) is 5.69 Å². The van der Waals surface area contributed by atoms with Gasteiger partial charge >= 0.3 is 0 Å². The number of benzene rings is 2. The molecule has 0 radical (unpaired) electrons. The Morgan fingerprint density at radius 2 is 1.63 bits per heavy atom. The lowest BCUT2D eigenvalue weighted by molar-refractivity contribution is 0.122. The normalized spacial score (nSPS) is 19.6.